The number of hydrogen-bond acceptors (Lipinski definition) is 5. The molecule has 0 atom stereocenters. The first-order chi connectivity index (χ1) is 10.2. The number of methoxy groups -OCH3 is 1. The second-order valence-electron chi connectivity index (χ2n) is 4.32. The van der Waals surface area contributed by atoms with Crippen LogP contribution in [0.1, 0.15) is 15.9 Å². The molecule has 21 heavy (non-hydrogen) atoms. The highest BCUT2D eigenvalue weighted by Gasteiger charge is 2.14. The van der Waals surface area contributed by atoms with E-state index in [1.165, 1.54) is 13.3 Å². The standard InChI is InChI=1S/C15H10N4O2/c1-21-15(20)10-3-2-4-11-13(10)19-14(18-11)12-6-5-9(7-16)8-17-12/h2-6,8H,1H3,(H,18,19). The average Bonchev–Trinajstić information content (AvgIpc) is 2.98. The Morgan fingerprint density at radius 2 is 2.19 bits per heavy atom. The van der Waals surface area contributed by atoms with Gasteiger partial charge >= 0.3 is 5.97 Å². The number of nitriles is 1. The maximum Gasteiger partial charge on any atom is 0.340 e. The zero-order valence-corrected chi connectivity index (χ0v) is 11.1. The van der Waals surface area contributed by atoms with Gasteiger partial charge in [-0.05, 0) is 24.3 Å². The van der Waals surface area contributed by atoms with Crippen molar-refractivity contribution in [3.63, 3.8) is 0 Å². The van der Waals surface area contributed by atoms with Gasteiger partial charge in [0.05, 0.1) is 23.8 Å². The van der Waals surface area contributed by atoms with Crippen LogP contribution in [0.3, 0.4) is 0 Å². The van der Waals surface area contributed by atoms with Crippen LogP contribution in [0.4, 0.5) is 0 Å². The molecule has 3 aromatic rings. The average molecular weight is 278 g/mol. The first-order valence-electron chi connectivity index (χ1n) is 6.16. The number of carbonyl (C=O) groups is 1. The summed E-state index contributed by atoms with van der Waals surface area (Å²) in [6.45, 7) is 0. The molecule has 0 unspecified atom stereocenters. The van der Waals surface area contributed by atoms with Crippen LogP contribution < -0.4 is 0 Å². The summed E-state index contributed by atoms with van der Waals surface area (Å²) in [5, 5.41) is 8.77. The van der Waals surface area contributed by atoms with Crippen molar-refractivity contribution in [1.29, 1.82) is 5.26 Å². The number of carbonyl (C=O) groups excluding carboxylic acids is 1. The lowest BCUT2D eigenvalue weighted by Gasteiger charge is -1.98. The van der Waals surface area contributed by atoms with Crippen LogP contribution in [0, 0.1) is 11.3 Å². The molecule has 3 rings (SSSR count). The molecule has 6 nitrogen and oxygen atoms in total. The number of aromatic nitrogens is 3. The summed E-state index contributed by atoms with van der Waals surface area (Å²) in [6, 6.07) is 10.6. The van der Waals surface area contributed by atoms with Gasteiger partial charge in [-0.15, -0.1) is 0 Å². The molecule has 1 aromatic carbocycles. The fourth-order valence-electron chi connectivity index (χ4n) is 2.03. The number of benzene rings is 1. The molecule has 2 aromatic heterocycles. The highest BCUT2D eigenvalue weighted by molar-refractivity contribution is 6.02. The third-order valence-corrected chi connectivity index (χ3v) is 3.05. The number of para-hydroxylation sites is 1. The Hall–Kier alpha value is -3.20. The molecular formula is C15H10N4O2. The molecular weight excluding hydrogens is 268 g/mol. The molecule has 1 N–H and O–H groups in total. The minimum atomic E-state index is -0.438. The van der Waals surface area contributed by atoms with E-state index in [1.54, 1.807) is 24.3 Å². The number of esters is 1. The number of imidazole rings is 1. The van der Waals surface area contributed by atoms with Crippen LogP contribution in [0.2, 0.25) is 0 Å². The Balaban J connectivity index is 2.12. The highest BCUT2D eigenvalue weighted by atomic mass is 16.5. The van der Waals surface area contributed by atoms with Gasteiger partial charge in [0.2, 0.25) is 0 Å². The van der Waals surface area contributed by atoms with Crippen LogP contribution in [0.5, 0.6) is 0 Å². The first kappa shape index (κ1) is 12.8. The topological polar surface area (TPSA) is 91.7 Å². The van der Waals surface area contributed by atoms with E-state index >= 15 is 0 Å². The van der Waals surface area contributed by atoms with E-state index in [2.05, 4.69) is 15.0 Å². The van der Waals surface area contributed by atoms with Gasteiger partial charge in [0.15, 0.2) is 5.82 Å². The van der Waals surface area contributed by atoms with Gasteiger partial charge in [-0.1, -0.05) is 6.07 Å². The number of H-pyrrole nitrogens is 1. The van der Waals surface area contributed by atoms with E-state index in [1.807, 2.05) is 12.1 Å². The fraction of sp³-hybridized carbons (Fsp3) is 0.0667. The molecule has 0 aliphatic carbocycles. The molecule has 0 saturated carbocycles. The molecule has 6 heteroatoms. The zero-order chi connectivity index (χ0) is 14.8. The van der Waals surface area contributed by atoms with Crippen molar-refractivity contribution in [3.8, 4) is 17.6 Å². The van der Waals surface area contributed by atoms with Crippen molar-refractivity contribution in [3.05, 3.63) is 47.7 Å². The monoisotopic (exact) mass is 278 g/mol. The number of hydrogen-bond donors (Lipinski definition) is 1. The first-order valence-corrected chi connectivity index (χ1v) is 6.16. The smallest absolute Gasteiger partial charge is 0.340 e. The highest BCUT2D eigenvalue weighted by Crippen LogP contribution is 2.22. The van der Waals surface area contributed by atoms with Gasteiger partial charge in [0.25, 0.3) is 0 Å². The van der Waals surface area contributed by atoms with Gasteiger partial charge in [-0.25, -0.2) is 9.78 Å². The number of fused-ring (bicyclic) bond motifs is 1. The second-order valence-corrected chi connectivity index (χ2v) is 4.32. The van der Waals surface area contributed by atoms with Gasteiger partial charge in [-0.2, -0.15) is 5.26 Å². The number of ether oxygens (including phenoxy) is 1. The number of rotatable bonds is 2. The van der Waals surface area contributed by atoms with Crippen molar-refractivity contribution >= 4 is 17.0 Å². The Labute approximate surface area is 120 Å². The van der Waals surface area contributed by atoms with Crippen molar-refractivity contribution in [1.82, 2.24) is 15.0 Å². The summed E-state index contributed by atoms with van der Waals surface area (Å²) in [7, 11) is 1.33. The normalized spacial score (nSPS) is 10.3. The van der Waals surface area contributed by atoms with Crippen molar-refractivity contribution in [2.75, 3.05) is 7.11 Å². The van der Waals surface area contributed by atoms with Gasteiger partial charge < -0.3 is 9.72 Å². The minimum Gasteiger partial charge on any atom is -0.465 e. The molecule has 0 fully saturated rings. The summed E-state index contributed by atoms with van der Waals surface area (Å²) >= 11 is 0. The number of nitrogens with zero attached hydrogens (tertiary/aromatic N) is 3. The Bertz CT molecular complexity index is 860. The molecule has 0 bridgehead atoms. The number of aromatic amines is 1. The van der Waals surface area contributed by atoms with Crippen LogP contribution in [0.15, 0.2) is 36.5 Å². The quantitative estimate of drug-likeness (QED) is 0.726. The van der Waals surface area contributed by atoms with Gasteiger partial charge in [-0.3, -0.25) is 4.98 Å². The molecule has 0 radical (unpaired) electrons. The Morgan fingerprint density at radius 1 is 1.33 bits per heavy atom. The summed E-state index contributed by atoms with van der Waals surface area (Å²) in [5.41, 5.74) is 2.72. The van der Waals surface area contributed by atoms with E-state index in [9.17, 15) is 4.79 Å². The summed E-state index contributed by atoms with van der Waals surface area (Å²) < 4.78 is 4.75. The second kappa shape index (κ2) is 5.06. The van der Waals surface area contributed by atoms with Crippen LogP contribution in [0.25, 0.3) is 22.6 Å². The lowest BCUT2D eigenvalue weighted by atomic mass is 10.2. The fourth-order valence-corrected chi connectivity index (χ4v) is 2.03. The van der Waals surface area contributed by atoms with Crippen molar-refractivity contribution in [2.45, 2.75) is 0 Å². The zero-order valence-electron chi connectivity index (χ0n) is 11.1. The molecule has 0 saturated heterocycles. The van der Waals surface area contributed by atoms with E-state index in [0.29, 0.717) is 28.2 Å². The predicted octanol–water partition coefficient (Wildman–Crippen LogP) is 2.28. The minimum absolute atomic E-state index is 0.395. The molecule has 2 heterocycles. The summed E-state index contributed by atoms with van der Waals surface area (Å²) in [4.78, 5) is 23.4. The van der Waals surface area contributed by atoms with E-state index in [-0.39, 0.29) is 0 Å². The van der Waals surface area contributed by atoms with Gasteiger partial charge in [0.1, 0.15) is 17.3 Å². The summed E-state index contributed by atoms with van der Waals surface area (Å²) in [5.74, 6) is 0.0947. The van der Waals surface area contributed by atoms with Crippen LogP contribution in [-0.4, -0.2) is 28.0 Å². The van der Waals surface area contributed by atoms with E-state index < -0.39 is 5.97 Å². The third kappa shape index (κ3) is 2.21. The van der Waals surface area contributed by atoms with Crippen LogP contribution in [-0.2, 0) is 4.74 Å². The largest absolute Gasteiger partial charge is 0.465 e. The Morgan fingerprint density at radius 3 is 2.86 bits per heavy atom. The molecule has 102 valence electrons. The van der Waals surface area contributed by atoms with E-state index in [0.717, 1.165) is 5.52 Å². The number of pyridine rings is 1. The maximum absolute atomic E-state index is 11.7. The van der Waals surface area contributed by atoms with Crippen molar-refractivity contribution in [2.24, 2.45) is 0 Å². The van der Waals surface area contributed by atoms with Crippen molar-refractivity contribution < 1.29 is 9.53 Å². The molecule has 0 aliphatic heterocycles. The molecule has 0 amide bonds. The van der Waals surface area contributed by atoms with Crippen LogP contribution >= 0.6 is 0 Å². The Kier molecular flexibility index (Phi) is 3.09. The maximum atomic E-state index is 11.7. The lowest BCUT2D eigenvalue weighted by molar-refractivity contribution is 0.0603. The third-order valence-electron chi connectivity index (χ3n) is 3.05. The number of nitrogens with one attached hydrogen (secondary N) is 1. The molecule has 0 aliphatic rings. The van der Waals surface area contributed by atoms with E-state index in [4.69, 9.17) is 10.00 Å². The van der Waals surface area contributed by atoms with Gasteiger partial charge in [0, 0.05) is 6.20 Å². The lowest BCUT2D eigenvalue weighted by Crippen LogP contribution is -2.01. The molecule has 0 spiro atoms. The predicted molar refractivity (Wildman–Crippen MR) is 75.4 cm³/mol. The SMILES string of the molecule is COC(=O)c1cccc2[nH]c(-c3ccc(C#N)cn3)nc12. The summed E-state index contributed by atoms with van der Waals surface area (Å²) in [6.07, 6.45) is 1.48.